The number of rotatable bonds is 16. The molecule has 9 rings (SSSR count). The van der Waals surface area contributed by atoms with Gasteiger partial charge in [-0.15, -0.1) is 0 Å². The molecule has 0 bridgehead atoms. The Morgan fingerprint density at radius 1 is 0.639 bits per heavy atom. The van der Waals surface area contributed by atoms with Crippen molar-refractivity contribution >= 4 is 94.3 Å². The van der Waals surface area contributed by atoms with E-state index in [1.54, 1.807) is 12.2 Å². The van der Waals surface area contributed by atoms with E-state index in [1.165, 1.54) is 61.8 Å². The molecule has 97 heavy (non-hydrogen) atoms. The number of aliphatic hydroxyl groups excluding tert-OH is 4. The van der Waals surface area contributed by atoms with E-state index >= 15 is 0 Å². The Labute approximate surface area is 626 Å². The van der Waals surface area contributed by atoms with Gasteiger partial charge in [-0.1, -0.05) is 225 Å². The van der Waals surface area contributed by atoms with Crippen molar-refractivity contribution in [2.75, 3.05) is 6.16 Å². The summed E-state index contributed by atoms with van der Waals surface area (Å²) in [6.45, 7) is 39.8. The normalized spacial score (nSPS) is 29.5. The molecule has 5 saturated carbocycles. The van der Waals surface area contributed by atoms with Crippen LogP contribution in [0.3, 0.4) is 0 Å². The van der Waals surface area contributed by atoms with Crippen LogP contribution in [0.5, 0.6) is 0 Å². The van der Waals surface area contributed by atoms with Crippen LogP contribution in [0.2, 0.25) is 36.3 Å². The predicted molar refractivity (Wildman–Crippen MR) is 435 cm³/mol. The molecule has 7 aliphatic rings. The molecular weight excluding hydrogens is 1640 g/mol. The van der Waals surface area contributed by atoms with Gasteiger partial charge in [0.2, 0.25) is 0 Å². The van der Waals surface area contributed by atoms with Crippen molar-refractivity contribution in [1.82, 2.24) is 0 Å². The van der Waals surface area contributed by atoms with Gasteiger partial charge in [0.25, 0.3) is 0 Å². The molecule has 0 unspecified atom stereocenters. The van der Waals surface area contributed by atoms with Crippen LogP contribution < -0.4 is 10.6 Å². The van der Waals surface area contributed by atoms with Gasteiger partial charge in [-0.3, -0.25) is 0 Å². The van der Waals surface area contributed by atoms with Gasteiger partial charge in [-0.2, -0.15) is 0 Å². The molecule has 0 spiro atoms. The van der Waals surface area contributed by atoms with Crippen LogP contribution >= 0.6 is 67.1 Å². The number of allylic oxidation sites excluding steroid dienone is 15. The third-order valence-electron chi connectivity index (χ3n) is 23.1. The summed E-state index contributed by atoms with van der Waals surface area (Å²) in [5.41, 5.74) is 10.9. The molecule has 0 heterocycles. The van der Waals surface area contributed by atoms with E-state index in [-0.39, 0.29) is 49.7 Å². The summed E-state index contributed by atoms with van der Waals surface area (Å²) in [6.07, 6.45) is 34.1. The molecule has 4 N–H and O–H groups in total. The van der Waals surface area contributed by atoms with Gasteiger partial charge in [-0.05, 0) is 205 Å². The molecule has 2 aromatic carbocycles. The predicted octanol–water partition coefficient (Wildman–Crippen LogP) is 23.3. The van der Waals surface area contributed by atoms with Crippen molar-refractivity contribution in [3.8, 4) is 0 Å². The van der Waals surface area contributed by atoms with Crippen molar-refractivity contribution in [1.29, 1.82) is 0 Å². The molecule has 540 valence electrons. The van der Waals surface area contributed by atoms with Gasteiger partial charge < -0.3 is 33.8 Å². The topological polar surface area (TPSA) is 116 Å². The second-order valence-electron chi connectivity index (χ2n) is 32.7. The standard InChI is InChI=1S/C33H51O3PSi2.2C24H35FO2.3HI.V/c1-26-27(22-23-37(34,29-18-14-12-15-19-29)30-20-16-13-17-21-30)24-28(35-38(8,9)32(2,3)4)25-31(26)36-39(10,11)33(5,6)7;2*1-16(6-7-17(2)25)22-10-11-23-19(5-4-12-24(22,23)3)9-8-18-13-20(26)15-21(27)14-18;;;;/h12-22,28,31H,1,23-25H2,2-11H3;2*7-10,16,20-21,23,26-27H,4-6,11-15H2,1-3H3;3*1H;/q;;;;;;+3/p-3/b27-22-;17-7+,19-9+;17-7-,19-9+;;;;/t28-,31+;2*16-,20-,21-,23+,24-;;;;/m111..../s1. The number of hydrogen-bond acceptors (Lipinski definition) is 7. The summed E-state index contributed by atoms with van der Waals surface area (Å²) in [7, 11) is -6.90. The Bertz CT molecular complexity index is 3090. The van der Waals surface area contributed by atoms with Crippen LogP contribution in [0.15, 0.2) is 178 Å². The number of fused-ring (bicyclic) bond motifs is 2. The number of hydrogen-bond donors (Lipinski definition) is 4. The van der Waals surface area contributed by atoms with Gasteiger partial charge in [0.05, 0.1) is 48.3 Å². The third-order valence-corrected chi connectivity index (χ3v) is 35.1. The van der Waals surface area contributed by atoms with E-state index in [2.05, 4.69) is 204 Å². The molecule has 16 heteroatoms. The molecular formula is C81H121F2I3O7PSi2V. The fraction of sp³-hybridized carbons (Fsp3) is 0.605. The minimum absolute atomic E-state index is 0.0604. The molecule has 0 aliphatic heterocycles. The van der Waals surface area contributed by atoms with Crippen molar-refractivity contribution < 1.29 is 47.5 Å². The second-order valence-corrected chi connectivity index (χ2v) is 80.4. The Balaban J connectivity index is 0.000000228. The molecule has 12 atom stereocenters. The summed E-state index contributed by atoms with van der Waals surface area (Å²) in [6, 6.07) is 19.8. The molecule has 2 aromatic rings. The fourth-order valence-corrected chi connectivity index (χ4v) is 20.9. The quantitative estimate of drug-likeness (QED) is 0.0573. The van der Waals surface area contributed by atoms with E-state index < -0.39 is 48.2 Å². The number of halogens is 5. The van der Waals surface area contributed by atoms with E-state index in [1.807, 2.05) is 60.7 Å². The molecule has 0 aromatic heterocycles. The summed E-state index contributed by atoms with van der Waals surface area (Å²) < 4.78 is 55.0. The molecule has 0 saturated heterocycles. The zero-order chi connectivity index (χ0) is 72.1. The van der Waals surface area contributed by atoms with Crippen molar-refractivity contribution in [3.05, 3.63) is 178 Å². The zero-order valence-electron chi connectivity index (χ0n) is 61.7. The third kappa shape index (κ3) is 24.0. The van der Waals surface area contributed by atoms with E-state index in [0.29, 0.717) is 68.4 Å². The van der Waals surface area contributed by atoms with Crippen molar-refractivity contribution in [3.63, 3.8) is 0 Å². The Hall–Kier alpha value is -1.10. The van der Waals surface area contributed by atoms with Crippen molar-refractivity contribution in [2.45, 2.75) is 272 Å². The Morgan fingerprint density at radius 3 is 1.37 bits per heavy atom. The van der Waals surface area contributed by atoms with Crippen LogP contribution in [0, 0.1) is 34.5 Å². The zero-order valence-corrected chi connectivity index (χ0v) is 72.4. The first kappa shape index (κ1) is 84.8. The van der Waals surface area contributed by atoms with Crippen LogP contribution in [-0.4, -0.2) is 79.8 Å². The summed E-state index contributed by atoms with van der Waals surface area (Å²) in [5.74, 6) is 1.66. The fourth-order valence-electron chi connectivity index (χ4n) is 15.8. The van der Waals surface area contributed by atoms with Crippen LogP contribution in [0.1, 0.15) is 199 Å². The Kier molecular flexibility index (Phi) is 32.6. The van der Waals surface area contributed by atoms with Crippen LogP contribution in [-0.2, 0) is 18.3 Å². The first-order valence-electron chi connectivity index (χ1n) is 36.0. The molecule has 7 aliphatic carbocycles. The van der Waals surface area contributed by atoms with Gasteiger partial charge in [0, 0.05) is 23.2 Å². The minimum atomic E-state index is -2.87. The van der Waals surface area contributed by atoms with Gasteiger partial charge in [0.1, 0.15) is 7.14 Å². The Morgan fingerprint density at radius 2 is 1.01 bits per heavy atom. The summed E-state index contributed by atoms with van der Waals surface area (Å²) in [4.78, 5) is -0.278. The first-order chi connectivity index (χ1) is 45.2. The average Bonchev–Trinajstić information content (AvgIpc) is 1.67. The first-order valence-corrected chi connectivity index (χ1v) is 57.2. The summed E-state index contributed by atoms with van der Waals surface area (Å²) in [5, 5.41) is 41.6. The average molecular weight is 1760 g/mol. The van der Waals surface area contributed by atoms with Crippen LogP contribution in [0.25, 0.3) is 0 Å². The SMILES string of the molecule is C/C(F)=C/C[C@@H](C)C1=CC[C@H]2/C(=C/C=C3C[C@@H](O)C[C@H](O)C3)CCC[C@]12C.C/C(F)=C\C[C@@H](C)C1=CC[C@H]2/C(=C/C=C3C[C@@H](O)C[C@H](O)C3)CCC[C@]12C.C=C1/C(=C\CP(=O)(c2ccccc2)c2ccccc2)C[C@@H](O[Si](C)(C)C(C)(C)C)C[C@@H]1O[Si](C)(C)C(C)(C)C.[I][V]([I])[I]. The monoisotopic (exact) mass is 1760 g/mol. The molecule has 7 nitrogen and oxygen atoms in total. The van der Waals surface area contributed by atoms with Crippen LogP contribution in [0.4, 0.5) is 8.78 Å². The molecule has 5 fully saturated rings. The van der Waals surface area contributed by atoms with Gasteiger partial charge in [-0.25, -0.2) is 8.78 Å². The van der Waals surface area contributed by atoms with E-state index in [9.17, 15) is 33.8 Å². The van der Waals surface area contributed by atoms with Gasteiger partial charge >= 0.3 is 64.9 Å². The molecule has 0 radical (unpaired) electrons. The number of benzene rings is 2. The maximum absolute atomic E-state index is 14.7. The second kappa shape index (κ2) is 37.2. The van der Waals surface area contributed by atoms with E-state index in [4.69, 9.17) is 8.85 Å². The number of aliphatic hydroxyl groups is 4. The van der Waals surface area contributed by atoms with Crippen molar-refractivity contribution in [2.24, 2.45) is 34.5 Å². The van der Waals surface area contributed by atoms with E-state index in [0.717, 1.165) is 84.3 Å². The maximum atomic E-state index is 14.7. The molecule has 0 amide bonds. The van der Waals surface area contributed by atoms with Gasteiger partial charge in [0.15, 0.2) is 16.6 Å². The summed E-state index contributed by atoms with van der Waals surface area (Å²) >= 11 is 7.39.